The first-order valence-corrected chi connectivity index (χ1v) is 10.1. The molecular formula is C22H14ClN3O2S. The van der Waals surface area contributed by atoms with Gasteiger partial charge < -0.3 is 4.42 Å². The summed E-state index contributed by atoms with van der Waals surface area (Å²) in [5.41, 5.74) is 0.995. The van der Waals surface area contributed by atoms with Crippen molar-refractivity contribution in [2.45, 2.75) is 6.92 Å². The molecule has 0 saturated heterocycles. The van der Waals surface area contributed by atoms with Crippen molar-refractivity contribution in [2.24, 2.45) is 5.10 Å². The SMILES string of the molecule is Cc1ccc(C=Nn2c(-c3cc4cc(Cl)ccc4o3)nc3ccccc3c2=O)s1. The van der Waals surface area contributed by atoms with E-state index in [1.807, 2.05) is 43.3 Å². The molecule has 0 saturated carbocycles. The van der Waals surface area contributed by atoms with Gasteiger partial charge in [0.05, 0.1) is 17.1 Å². The minimum atomic E-state index is -0.256. The standard InChI is InChI=1S/C22H14ClN3O2S/c1-13-6-8-16(29-13)12-24-26-21(25-18-5-3-2-4-17(18)22(26)27)20-11-14-10-15(23)7-9-19(14)28-20/h2-12H,1H3. The molecular weight excluding hydrogens is 406 g/mol. The smallest absolute Gasteiger partial charge is 0.282 e. The van der Waals surface area contributed by atoms with Crippen LogP contribution in [-0.4, -0.2) is 15.9 Å². The minimum Gasteiger partial charge on any atom is -0.453 e. The fourth-order valence-corrected chi connectivity index (χ4v) is 4.08. The highest BCUT2D eigenvalue weighted by Crippen LogP contribution is 2.29. The third-order valence-electron chi connectivity index (χ3n) is 4.51. The first-order chi connectivity index (χ1) is 14.1. The zero-order valence-corrected chi connectivity index (χ0v) is 16.9. The molecule has 0 amide bonds. The van der Waals surface area contributed by atoms with Crippen molar-refractivity contribution in [1.82, 2.24) is 9.66 Å². The summed E-state index contributed by atoms with van der Waals surface area (Å²) in [6.45, 7) is 2.02. The lowest BCUT2D eigenvalue weighted by atomic mass is 10.2. The fraction of sp³-hybridized carbons (Fsp3) is 0.0455. The molecule has 3 heterocycles. The molecule has 0 bridgehead atoms. The van der Waals surface area contributed by atoms with E-state index in [1.54, 1.807) is 41.8 Å². The lowest BCUT2D eigenvalue weighted by molar-refractivity contribution is 0.616. The highest BCUT2D eigenvalue weighted by molar-refractivity contribution is 7.13. The average Bonchev–Trinajstić information content (AvgIpc) is 3.32. The van der Waals surface area contributed by atoms with Crippen LogP contribution in [0.4, 0.5) is 0 Å². The van der Waals surface area contributed by atoms with E-state index in [4.69, 9.17) is 16.0 Å². The molecule has 0 aliphatic heterocycles. The Labute approximate surface area is 174 Å². The van der Waals surface area contributed by atoms with Gasteiger partial charge in [-0.25, -0.2) is 4.98 Å². The van der Waals surface area contributed by atoms with Gasteiger partial charge in [0.2, 0.25) is 5.82 Å². The van der Waals surface area contributed by atoms with E-state index >= 15 is 0 Å². The van der Waals surface area contributed by atoms with Crippen molar-refractivity contribution in [1.29, 1.82) is 0 Å². The molecule has 0 N–H and O–H groups in total. The van der Waals surface area contributed by atoms with Gasteiger partial charge in [0.1, 0.15) is 5.58 Å². The monoisotopic (exact) mass is 419 g/mol. The largest absolute Gasteiger partial charge is 0.453 e. The van der Waals surface area contributed by atoms with Crippen molar-refractivity contribution >= 4 is 51.0 Å². The topological polar surface area (TPSA) is 60.4 Å². The summed E-state index contributed by atoms with van der Waals surface area (Å²) in [5, 5.41) is 6.38. The van der Waals surface area contributed by atoms with Crippen molar-refractivity contribution in [3.05, 3.63) is 85.8 Å². The zero-order chi connectivity index (χ0) is 20.0. The van der Waals surface area contributed by atoms with Crippen LogP contribution in [0.5, 0.6) is 0 Å². The van der Waals surface area contributed by atoms with Crippen LogP contribution in [0.1, 0.15) is 9.75 Å². The maximum absolute atomic E-state index is 13.2. The molecule has 3 aromatic heterocycles. The molecule has 0 atom stereocenters. The van der Waals surface area contributed by atoms with Crippen LogP contribution in [0.25, 0.3) is 33.5 Å². The minimum absolute atomic E-state index is 0.256. The highest BCUT2D eigenvalue weighted by Gasteiger charge is 2.16. The molecule has 0 spiro atoms. The maximum atomic E-state index is 13.2. The maximum Gasteiger partial charge on any atom is 0.282 e. The van der Waals surface area contributed by atoms with Crippen LogP contribution >= 0.6 is 22.9 Å². The number of benzene rings is 2. The van der Waals surface area contributed by atoms with Gasteiger partial charge in [-0.15, -0.1) is 11.3 Å². The Bertz CT molecular complexity index is 1460. The van der Waals surface area contributed by atoms with E-state index in [2.05, 4.69) is 10.1 Å². The van der Waals surface area contributed by atoms with E-state index in [0.29, 0.717) is 33.1 Å². The Morgan fingerprint density at radius 3 is 2.83 bits per heavy atom. The van der Waals surface area contributed by atoms with Crippen LogP contribution in [0.15, 0.2) is 75.0 Å². The molecule has 0 aliphatic rings. The highest BCUT2D eigenvalue weighted by atomic mass is 35.5. The lowest BCUT2D eigenvalue weighted by Gasteiger charge is -2.06. The number of hydrogen-bond donors (Lipinski definition) is 0. The molecule has 5 nitrogen and oxygen atoms in total. The zero-order valence-electron chi connectivity index (χ0n) is 15.3. The second-order valence-corrected chi connectivity index (χ2v) is 8.31. The fourth-order valence-electron chi connectivity index (χ4n) is 3.15. The van der Waals surface area contributed by atoms with Crippen LogP contribution < -0.4 is 5.56 Å². The normalized spacial score (nSPS) is 11.8. The first-order valence-electron chi connectivity index (χ1n) is 8.90. The van der Waals surface area contributed by atoms with Gasteiger partial charge in [-0.05, 0) is 55.5 Å². The molecule has 0 fully saturated rings. The summed E-state index contributed by atoms with van der Waals surface area (Å²) in [7, 11) is 0. The Morgan fingerprint density at radius 2 is 2.00 bits per heavy atom. The molecule has 0 aliphatic carbocycles. The number of aryl methyl sites for hydroxylation is 1. The van der Waals surface area contributed by atoms with Crippen LogP contribution in [0, 0.1) is 6.92 Å². The number of hydrogen-bond acceptors (Lipinski definition) is 5. The Hall–Kier alpha value is -3.22. The number of para-hydroxylation sites is 1. The summed E-state index contributed by atoms with van der Waals surface area (Å²) < 4.78 is 7.25. The third-order valence-corrected chi connectivity index (χ3v) is 5.68. The van der Waals surface area contributed by atoms with E-state index in [-0.39, 0.29) is 5.56 Å². The molecule has 0 radical (unpaired) electrons. The molecule has 7 heteroatoms. The summed E-state index contributed by atoms with van der Waals surface area (Å²) in [6.07, 6.45) is 1.67. The lowest BCUT2D eigenvalue weighted by Crippen LogP contribution is -2.20. The summed E-state index contributed by atoms with van der Waals surface area (Å²) in [6, 6.07) is 18.4. The number of halogens is 1. The van der Waals surface area contributed by atoms with E-state index in [0.717, 1.165) is 10.3 Å². The molecule has 142 valence electrons. The number of aromatic nitrogens is 2. The van der Waals surface area contributed by atoms with Gasteiger partial charge in [0.15, 0.2) is 5.76 Å². The van der Waals surface area contributed by atoms with Crippen molar-refractivity contribution in [3.63, 3.8) is 0 Å². The summed E-state index contributed by atoms with van der Waals surface area (Å²) >= 11 is 7.69. The predicted molar refractivity (Wildman–Crippen MR) is 118 cm³/mol. The van der Waals surface area contributed by atoms with Crippen molar-refractivity contribution in [2.75, 3.05) is 0 Å². The van der Waals surface area contributed by atoms with Crippen LogP contribution in [-0.2, 0) is 0 Å². The number of furan rings is 1. The Kier molecular flexibility index (Phi) is 4.30. The van der Waals surface area contributed by atoms with Gasteiger partial charge in [-0.1, -0.05) is 23.7 Å². The van der Waals surface area contributed by atoms with Gasteiger partial charge in [0, 0.05) is 20.2 Å². The van der Waals surface area contributed by atoms with E-state index in [1.165, 1.54) is 9.55 Å². The van der Waals surface area contributed by atoms with Gasteiger partial charge in [-0.2, -0.15) is 9.78 Å². The second kappa shape index (κ2) is 6.99. The Morgan fingerprint density at radius 1 is 1.14 bits per heavy atom. The van der Waals surface area contributed by atoms with Gasteiger partial charge >= 0.3 is 0 Å². The molecule has 5 rings (SSSR count). The first kappa shape index (κ1) is 17.8. The third kappa shape index (κ3) is 3.26. The molecule has 29 heavy (non-hydrogen) atoms. The summed E-state index contributed by atoms with van der Waals surface area (Å²) in [4.78, 5) is 20.0. The number of thiophene rings is 1. The van der Waals surface area contributed by atoms with Gasteiger partial charge in [-0.3, -0.25) is 4.79 Å². The summed E-state index contributed by atoms with van der Waals surface area (Å²) in [5.74, 6) is 0.787. The van der Waals surface area contributed by atoms with Crippen molar-refractivity contribution in [3.8, 4) is 11.6 Å². The Balaban J connectivity index is 1.75. The predicted octanol–water partition coefficient (Wildman–Crippen LogP) is 5.72. The van der Waals surface area contributed by atoms with E-state index < -0.39 is 0 Å². The van der Waals surface area contributed by atoms with Crippen molar-refractivity contribution < 1.29 is 4.42 Å². The van der Waals surface area contributed by atoms with Crippen LogP contribution in [0.3, 0.4) is 0 Å². The number of rotatable bonds is 3. The van der Waals surface area contributed by atoms with E-state index in [9.17, 15) is 4.79 Å². The number of nitrogens with zero attached hydrogens (tertiary/aromatic N) is 3. The van der Waals surface area contributed by atoms with Crippen LogP contribution in [0.2, 0.25) is 5.02 Å². The molecule has 2 aromatic carbocycles. The second-order valence-electron chi connectivity index (χ2n) is 6.56. The number of fused-ring (bicyclic) bond motifs is 2. The molecule has 5 aromatic rings. The molecule has 0 unspecified atom stereocenters. The quantitative estimate of drug-likeness (QED) is 0.351. The van der Waals surface area contributed by atoms with Gasteiger partial charge in [0.25, 0.3) is 5.56 Å². The average molecular weight is 420 g/mol.